The molecule has 1 aliphatic heterocycles. The SMILES string of the molecule is C#C[C@]1(COC(=O)O)O[C@@H](n2cnc3c(N)nc(F)nc32)C[C@@H]1O. The van der Waals surface area contributed by atoms with E-state index in [1.165, 1.54) is 10.9 Å². The molecule has 0 amide bonds. The average Bonchev–Trinajstić information content (AvgIpc) is 3.07. The van der Waals surface area contributed by atoms with E-state index in [1.807, 2.05) is 0 Å². The van der Waals surface area contributed by atoms with Gasteiger partial charge in [0.2, 0.25) is 0 Å². The van der Waals surface area contributed by atoms with Gasteiger partial charge >= 0.3 is 12.2 Å². The minimum Gasteiger partial charge on any atom is -0.450 e. The van der Waals surface area contributed by atoms with Gasteiger partial charge in [-0.05, 0) is 0 Å². The fraction of sp³-hybridized carbons (Fsp3) is 0.385. The molecule has 0 aliphatic carbocycles. The number of nitrogens with two attached hydrogens (primary N) is 1. The van der Waals surface area contributed by atoms with E-state index in [1.54, 1.807) is 0 Å². The van der Waals surface area contributed by atoms with Crippen LogP contribution in [0.1, 0.15) is 12.6 Å². The highest BCUT2D eigenvalue weighted by atomic mass is 19.1. The maximum atomic E-state index is 13.4. The summed E-state index contributed by atoms with van der Waals surface area (Å²) in [5, 5.41) is 18.8. The summed E-state index contributed by atoms with van der Waals surface area (Å²) in [7, 11) is 0. The van der Waals surface area contributed by atoms with Gasteiger partial charge in [0.25, 0.3) is 0 Å². The third-order valence-electron chi connectivity index (χ3n) is 3.70. The Labute approximate surface area is 134 Å². The summed E-state index contributed by atoms with van der Waals surface area (Å²) >= 11 is 0. The maximum absolute atomic E-state index is 13.4. The normalized spacial score (nSPS) is 26.4. The van der Waals surface area contributed by atoms with Crippen LogP contribution in [0.3, 0.4) is 0 Å². The van der Waals surface area contributed by atoms with Crippen LogP contribution in [0.25, 0.3) is 11.2 Å². The van der Waals surface area contributed by atoms with Crippen molar-refractivity contribution in [3.8, 4) is 12.3 Å². The number of anilines is 1. The van der Waals surface area contributed by atoms with Gasteiger partial charge in [-0.3, -0.25) is 4.57 Å². The molecule has 3 atom stereocenters. The van der Waals surface area contributed by atoms with E-state index in [2.05, 4.69) is 25.6 Å². The topological polar surface area (TPSA) is 146 Å². The zero-order chi connectivity index (χ0) is 17.5. The lowest BCUT2D eigenvalue weighted by Gasteiger charge is -2.25. The molecule has 0 saturated carbocycles. The molecule has 3 rings (SSSR count). The number of terminal acetylenes is 1. The number of nitrogens with zero attached hydrogens (tertiary/aromatic N) is 4. The van der Waals surface area contributed by atoms with Crippen molar-refractivity contribution in [3.63, 3.8) is 0 Å². The Morgan fingerprint density at radius 1 is 1.67 bits per heavy atom. The fourth-order valence-electron chi connectivity index (χ4n) is 2.51. The second-order valence-electron chi connectivity index (χ2n) is 5.11. The van der Waals surface area contributed by atoms with Gasteiger partial charge in [-0.1, -0.05) is 5.92 Å². The van der Waals surface area contributed by atoms with Crippen molar-refractivity contribution >= 4 is 23.1 Å². The molecule has 1 fully saturated rings. The molecule has 0 unspecified atom stereocenters. The molecule has 10 nitrogen and oxygen atoms in total. The van der Waals surface area contributed by atoms with Crippen LogP contribution in [0.2, 0.25) is 0 Å². The van der Waals surface area contributed by atoms with Crippen molar-refractivity contribution in [2.75, 3.05) is 12.3 Å². The Hall–Kier alpha value is -2.97. The van der Waals surface area contributed by atoms with Gasteiger partial charge in [0.15, 0.2) is 22.6 Å². The first-order valence-corrected chi connectivity index (χ1v) is 6.71. The summed E-state index contributed by atoms with van der Waals surface area (Å²) in [6.45, 7) is -0.561. The largest absolute Gasteiger partial charge is 0.505 e. The molecule has 0 spiro atoms. The number of imidazole rings is 1. The highest BCUT2D eigenvalue weighted by molar-refractivity contribution is 5.81. The summed E-state index contributed by atoms with van der Waals surface area (Å²) in [5.74, 6) is 2.07. The van der Waals surface area contributed by atoms with Gasteiger partial charge in [-0.2, -0.15) is 14.4 Å². The molecule has 24 heavy (non-hydrogen) atoms. The number of rotatable bonds is 3. The maximum Gasteiger partial charge on any atom is 0.505 e. The standard InChI is InChI=1S/C13H12FN5O5/c1-2-13(4-23-12(21)22)6(20)3-7(24-13)19-5-16-8-9(15)17-11(14)18-10(8)19/h1,5-7,20H,3-4H2,(H,21,22)(H2,15,17,18)/t6-,7+,13+/m0/s1. The minimum atomic E-state index is -1.67. The van der Waals surface area contributed by atoms with Crippen molar-refractivity contribution in [3.05, 3.63) is 12.4 Å². The Morgan fingerprint density at radius 3 is 3.08 bits per heavy atom. The Balaban J connectivity index is 1.95. The number of nitrogen functional groups attached to an aromatic ring is 1. The van der Waals surface area contributed by atoms with Crippen LogP contribution in [0.15, 0.2) is 6.33 Å². The molecule has 126 valence electrons. The summed E-state index contributed by atoms with van der Waals surface area (Å²) in [6.07, 6.45) is 1.98. The third-order valence-corrected chi connectivity index (χ3v) is 3.70. The second kappa shape index (κ2) is 5.59. The summed E-state index contributed by atoms with van der Waals surface area (Å²) < 4.78 is 24.8. The van der Waals surface area contributed by atoms with Crippen molar-refractivity contribution in [1.82, 2.24) is 19.5 Å². The number of hydrogen-bond donors (Lipinski definition) is 3. The molecule has 2 aromatic rings. The van der Waals surface area contributed by atoms with Gasteiger partial charge in [-0.25, -0.2) is 9.78 Å². The molecule has 4 N–H and O–H groups in total. The minimum absolute atomic E-state index is 0.00976. The van der Waals surface area contributed by atoms with Crippen LogP contribution in [0.5, 0.6) is 0 Å². The quantitative estimate of drug-likeness (QED) is 0.397. The monoisotopic (exact) mass is 337 g/mol. The summed E-state index contributed by atoms with van der Waals surface area (Å²) in [6, 6.07) is 0. The molecule has 0 aromatic carbocycles. The third kappa shape index (κ3) is 2.47. The van der Waals surface area contributed by atoms with Crippen molar-refractivity contribution in [1.29, 1.82) is 0 Å². The van der Waals surface area contributed by atoms with E-state index in [9.17, 15) is 14.3 Å². The number of hydrogen-bond acceptors (Lipinski definition) is 8. The van der Waals surface area contributed by atoms with Crippen LogP contribution in [0.4, 0.5) is 15.0 Å². The van der Waals surface area contributed by atoms with Gasteiger partial charge in [0.1, 0.15) is 18.9 Å². The van der Waals surface area contributed by atoms with Gasteiger partial charge < -0.3 is 25.4 Å². The zero-order valence-electron chi connectivity index (χ0n) is 12.1. The van der Waals surface area contributed by atoms with Crippen LogP contribution in [0, 0.1) is 18.4 Å². The fourth-order valence-corrected chi connectivity index (χ4v) is 2.51. The highest BCUT2D eigenvalue weighted by Gasteiger charge is 2.49. The lowest BCUT2D eigenvalue weighted by Crippen LogP contribution is -2.43. The number of ether oxygens (including phenoxy) is 2. The first kappa shape index (κ1) is 15.9. The Bertz CT molecular complexity index is 849. The smallest absolute Gasteiger partial charge is 0.450 e. The van der Waals surface area contributed by atoms with Gasteiger partial charge in [0.05, 0.1) is 6.33 Å². The van der Waals surface area contributed by atoms with Crippen LogP contribution < -0.4 is 5.73 Å². The van der Waals surface area contributed by atoms with E-state index < -0.39 is 36.8 Å². The molecule has 0 radical (unpaired) electrons. The molecule has 3 heterocycles. The Morgan fingerprint density at radius 2 is 2.42 bits per heavy atom. The predicted molar refractivity (Wildman–Crippen MR) is 76.0 cm³/mol. The lowest BCUT2D eigenvalue weighted by atomic mass is 9.99. The molecule has 1 saturated heterocycles. The number of carboxylic acid groups (broad SMARTS) is 1. The Kier molecular flexibility index (Phi) is 3.70. The number of aromatic nitrogens is 4. The van der Waals surface area contributed by atoms with E-state index in [-0.39, 0.29) is 23.4 Å². The predicted octanol–water partition coefficient (Wildman–Crippen LogP) is -0.106. The lowest BCUT2D eigenvalue weighted by molar-refractivity contribution is -0.0954. The first-order chi connectivity index (χ1) is 11.4. The average molecular weight is 337 g/mol. The number of aliphatic hydroxyl groups excluding tert-OH is 1. The number of halogens is 1. The highest BCUT2D eigenvalue weighted by Crippen LogP contribution is 2.38. The van der Waals surface area contributed by atoms with E-state index >= 15 is 0 Å². The second-order valence-corrected chi connectivity index (χ2v) is 5.11. The summed E-state index contributed by atoms with van der Waals surface area (Å²) in [5.41, 5.74) is 4.13. The van der Waals surface area contributed by atoms with Crippen LogP contribution in [-0.4, -0.2) is 54.2 Å². The molecule has 2 aromatic heterocycles. The molecular formula is C13H12FN5O5. The van der Waals surface area contributed by atoms with Crippen LogP contribution in [-0.2, 0) is 9.47 Å². The number of aliphatic hydroxyl groups is 1. The van der Waals surface area contributed by atoms with Crippen molar-refractivity contribution < 1.29 is 28.9 Å². The van der Waals surface area contributed by atoms with Gasteiger partial charge in [0, 0.05) is 6.42 Å². The molecule has 0 bridgehead atoms. The molecule has 11 heteroatoms. The van der Waals surface area contributed by atoms with Crippen molar-refractivity contribution in [2.24, 2.45) is 0 Å². The first-order valence-electron chi connectivity index (χ1n) is 6.71. The van der Waals surface area contributed by atoms with Gasteiger partial charge in [-0.15, -0.1) is 6.42 Å². The van der Waals surface area contributed by atoms with Crippen molar-refractivity contribution in [2.45, 2.75) is 24.4 Å². The summed E-state index contributed by atoms with van der Waals surface area (Å²) in [4.78, 5) is 21.5. The molecule has 1 aliphatic rings. The van der Waals surface area contributed by atoms with Crippen LogP contribution >= 0.6 is 0 Å². The molecular weight excluding hydrogens is 325 g/mol. The zero-order valence-corrected chi connectivity index (χ0v) is 12.1. The number of fused-ring (bicyclic) bond motifs is 1. The van der Waals surface area contributed by atoms with E-state index in [0.29, 0.717) is 0 Å². The number of carbonyl (C=O) groups is 1. The van der Waals surface area contributed by atoms with E-state index in [0.717, 1.165) is 0 Å². The van der Waals surface area contributed by atoms with E-state index in [4.69, 9.17) is 22.0 Å².